The molecule has 5 rings (SSSR count). The Morgan fingerprint density at radius 2 is 1.86 bits per heavy atom. The van der Waals surface area contributed by atoms with Crippen LogP contribution >= 0.6 is 11.3 Å². The standard InChI is InChI=1S/C22H26FN3OS/c23-18-3-1-2-4-19(18)24-10-12-25(13-11-24)21(27)15-26-9-7-20-17(8-14-28-20)22(26)16-5-6-16/h1-4,8,14,16,22H,5-7,9-13,15H2. The van der Waals surface area contributed by atoms with Gasteiger partial charge in [0.05, 0.1) is 12.2 Å². The monoisotopic (exact) mass is 399 g/mol. The van der Waals surface area contributed by atoms with Crippen LogP contribution in [0.15, 0.2) is 35.7 Å². The van der Waals surface area contributed by atoms with E-state index in [-0.39, 0.29) is 11.7 Å². The highest BCUT2D eigenvalue weighted by Gasteiger charge is 2.40. The lowest BCUT2D eigenvalue weighted by molar-refractivity contribution is -0.133. The minimum absolute atomic E-state index is 0.186. The molecule has 3 aliphatic rings. The van der Waals surface area contributed by atoms with E-state index in [2.05, 4.69) is 16.3 Å². The first-order chi connectivity index (χ1) is 13.7. The smallest absolute Gasteiger partial charge is 0.236 e. The van der Waals surface area contributed by atoms with Gasteiger partial charge in [0.25, 0.3) is 0 Å². The fourth-order valence-corrected chi connectivity index (χ4v) is 5.63. The van der Waals surface area contributed by atoms with Gasteiger partial charge < -0.3 is 9.80 Å². The van der Waals surface area contributed by atoms with E-state index >= 15 is 0 Å². The van der Waals surface area contributed by atoms with Crippen molar-refractivity contribution in [2.45, 2.75) is 25.3 Å². The van der Waals surface area contributed by atoms with Gasteiger partial charge in [-0.15, -0.1) is 11.3 Å². The lowest BCUT2D eigenvalue weighted by Crippen LogP contribution is -2.52. The van der Waals surface area contributed by atoms with E-state index in [1.165, 1.54) is 29.3 Å². The third kappa shape index (κ3) is 3.44. The second-order valence-electron chi connectivity index (χ2n) is 8.12. The maximum Gasteiger partial charge on any atom is 0.236 e. The maximum absolute atomic E-state index is 14.0. The SMILES string of the molecule is O=C(CN1CCc2sccc2C1C1CC1)N1CCN(c2ccccc2F)CC1. The van der Waals surface area contributed by atoms with Crippen molar-refractivity contribution in [1.82, 2.24) is 9.80 Å². The number of amides is 1. The van der Waals surface area contributed by atoms with Crippen molar-refractivity contribution in [3.05, 3.63) is 52.0 Å². The van der Waals surface area contributed by atoms with Crippen molar-refractivity contribution in [1.29, 1.82) is 0 Å². The fraction of sp³-hybridized carbons (Fsp3) is 0.500. The fourth-order valence-electron chi connectivity index (χ4n) is 4.72. The summed E-state index contributed by atoms with van der Waals surface area (Å²) in [6, 6.07) is 9.60. The summed E-state index contributed by atoms with van der Waals surface area (Å²) in [4.78, 5) is 20.9. The molecule has 1 saturated carbocycles. The van der Waals surface area contributed by atoms with Gasteiger partial charge in [0.2, 0.25) is 5.91 Å². The number of carbonyl (C=O) groups is 1. The molecule has 0 radical (unpaired) electrons. The zero-order valence-corrected chi connectivity index (χ0v) is 16.8. The Balaban J connectivity index is 1.22. The van der Waals surface area contributed by atoms with Crippen LogP contribution in [0, 0.1) is 11.7 Å². The molecular formula is C22H26FN3OS. The molecule has 1 aliphatic carbocycles. The van der Waals surface area contributed by atoms with Crippen molar-refractivity contribution in [2.24, 2.45) is 5.92 Å². The molecule has 0 N–H and O–H groups in total. The van der Waals surface area contributed by atoms with E-state index in [1.54, 1.807) is 6.07 Å². The number of para-hydroxylation sites is 1. The van der Waals surface area contributed by atoms with Crippen LogP contribution in [0.1, 0.15) is 29.3 Å². The van der Waals surface area contributed by atoms with Crippen molar-refractivity contribution in [2.75, 3.05) is 44.2 Å². The molecule has 1 saturated heterocycles. The molecule has 2 fully saturated rings. The van der Waals surface area contributed by atoms with Crippen LogP contribution in [-0.4, -0.2) is 55.0 Å². The van der Waals surface area contributed by atoms with Gasteiger partial charge in [-0.3, -0.25) is 9.69 Å². The highest BCUT2D eigenvalue weighted by molar-refractivity contribution is 7.10. The number of fused-ring (bicyclic) bond motifs is 1. The average molecular weight is 400 g/mol. The minimum atomic E-state index is -0.186. The first-order valence-electron chi connectivity index (χ1n) is 10.3. The second-order valence-corrected chi connectivity index (χ2v) is 9.12. The molecule has 1 atom stereocenters. The number of halogens is 1. The van der Waals surface area contributed by atoms with Crippen LogP contribution in [0.4, 0.5) is 10.1 Å². The molecule has 0 spiro atoms. The number of piperazine rings is 1. The van der Waals surface area contributed by atoms with Gasteiger partial charge >= 0.3 is 0 Å². The molecule has 2 aliphatic heterocycles. The number of hydrogen-bond acceptors (Lipinski definition) is 4. The number of benzene rings is 1. The largest absolute Gasteiger partial charge is 0.366 e. The molecule has 1 aromatic heterocycles. The van der Waals surface area contributed by atoms with Crippen molar-refractivity contribution >= 4 is 22.9 Å². The molecule has 3 heterocycles. The van der Waals surface area contributed by atoms with Crippen LogP contribution in [0.3, 0.4) is 0 Å². The molecule has 4 nitrogen and oxygen atoms in total. The summed E-state index contributed by atoms with van der Waals surface area (Å²) in [7, 11) is 0. The van der Waals surface area contributed by atoms with Crippen molar-refractivity contribution in [3.63, 3.8) is 0 Å². The average Bonchev–Trinajstić information content (AvgIpc) is 3.44. The first kappa shape index (κ1) is 18.1. The lowest BCUT2D eigenvalue weighted by atomic mass is 9.96. The molecule has 28 heavy (non-hydrogen) atoms. The number of thiophene rings is 1. The normalized spacial score (nSPS) is 23.0. The van der Waals surface area contributed by atoms with Crippen molar-refractivity contribution in [3.8, 4) is 0 Å². The topological polar surface area (TPSA) is 26.8 Å². The van der Waals surface area contributed by atoms with E-state index in [9.17, 15) is 9.18 Å². The molecule has 1 aromatic carbocycles. The molecule has 1 unspecified atom stereocenters. The number of hydrogen-bond donors (Lipinski definition) is 0. The number of nitrogens with zero attached hydrogens (tertiary/aromatic N) is 3. The van der Waals surface area contributed by atoms with Crippen LogP contribution in [-0.2, 0) is 11.2 Å². The van der Waals surface area contributed by atoms with Crippen LogP contribution < -0.4 is 4.90 Å². The highest BCUT2D eigenvalue weighted by atomic mass is 32.1. The maximum atomic E-state index is 14.0. The minimum Gasteiger partial charge on any atom is -0.366 e. The number of anilines is 1. The Kier molecular flexibility index (Phi) is 4.85. The van der Waals surface area contributed by atoms with E-state index in [4.69, 9.17) is 0 Å². The molecule has 1 amide bonds. The molecular weight excluding hydrogens is 373 g/mol. The van der Waals surface area contributed by atoms with Gasteiger partial charge in [-0.05, 0) is 54.3 Å². The Hall–Kier alpha value is -1.92. The first-order valence-corrected chi connectivity index (χ1v) is 11.2. The summed E-state index contributed by atoms with van der Waals surface area (Å²) in [5.74, 6) is 0.756. The van der Waals surface area contributed by atoms with Gasteiger partial charge in [-0.25, -0.2) is 4.39 Å². The summed E-state index contributed by atoms with van der Waals surface area (Å²) < 4.78 is 14.0. The van der Waals surface area contributed by atoms with Gasteiger partial charge in [0, 0.05) is 43.6 Å². The zero-order chi connectivity index (χ0) is 19.1. The van der Waals surface area contributed by atoms with E-state index < -0.39 is 0 Å². The summed E-state index contributed by atoms with van der Waals surface area (Å²) in [6.07, 6.45) is 3.63. The van der Waals surface area contributed by atoms with Crippen molar-refractivity contribution < 1.29 is 9.18 Å². The van der Waals surface area contributed by atoms with Crippen LogP contribution in [0.2, 0.25) is 0 Å². The molecule has 148 valence electrons. The Morgan fingerprint density at radius 1 is 1.07 bits per heavy atom. The molecule has 2 aromatic rings. The Bertz CT molecular complexity index is 857. The number of rotatable bonds is 4. The molecule has 0 bridgehead atoms. The van der Waals surface area contributed by atoms with E-state index in [0.29, 0.717) is 44.5 Å². The zero-order valence-electron chi connectivity index (χ0n) is 16.0. The van der Waals surface area contributed by atoms with Gasteiger partial charge in [0.1, 0.15) is 5.82 Å². The lowest BCUT2D eigenvalue weighted by Gasteiger charge is -2.39. The highest BCUT2D eigenvalue weighted by Crippen LogP contribution is 2.48. The summed E-state index contributed by atoms with van der Waals surface area (Å²) in [5, 5.41) is 2.20. The third-order valence-corrected chi connectivity index (χ3v) is 7.35. The van der Waals surface area contributed by atoms with Gasteiger partial charge in [-0.2, -0.15) is 0 Å². The van der Waals surface area contributed by atoms with Crippen LogP contribution in [0.5, 0.6) is 0 Å². The predicted molar refractivity (Wildman–Crippen MR) is 110 cm³/mol. The Morgan fingerprint density at radius 3 is 2.61 bits per heavy atom. The van der Waals surface area contributed by atoms with E-state index in [1.807, 2.05) is 33.3 Å². The second kappa shape index (κ2) is 7.48. The summed E-state index contributed by atoms with van der Waals surface area (Å²) in [5.41, 5.74) is 2.11. The predicted octanol–water partition coefficient (Wildman–Crippen LogP) is 3.55. The Labute approximate surface area is 169 Å². The van der Waals surface area contributed by atoms with Gasteiger partial charge in [-0.1, -0.05) is 12.1 Å². The number of carbonyl (C=O) groups excluding carboxylic acids is 1. The van der Waals surface area contributed by atoms with Crippen LogP contribution in [0.25, 0.3) is 0 Å². The summed E-state index contributed by atoms with van der Waals surface area (Å²) >= 11 is 1.86. The van der Waals surface area contributed by atoms with Gasteiger partial charge in [0.15, 0.2) is 0 Å². The summed E-state index contributed by atoms with van der Waals surface area (Å²) in [6.45, 7) is 4.20. The molecule has 6 heteroatoms. The third-order valence-electron chi connectivity index (χ3n) is 6.35. The van der Waals surface area contributed by atoms with E-state index in [0.717, 1.165) is 18.9 Å². The quantitative estimate of drug-likeness (QED) is 0.787.